The normalized spacial score (nSPS) is 25.0. The Bertz CT molecular complexity index is 383. The van der Waals surface area contributed by atoms with Crippen molar-refractivity contribution in [2.45, 2.75) is 64.5 Å². The summed E-state index contributed by atoms with van der Waals surface area (Å²) in [5.41, 5.74) is 7.30. The molecular formula is C17H27NO. The van der Waals surface area contributed by atoms with Crippen molar-refractivity contribution in [1.82, 2.24) is 0 Å². The summed E-state index contributed by atoms with van der Waals surface area (Å²) < 4.78 is 6.12. The highest BCUT2D eigenvalue weighted by molar-refractivity contribution is 5.29. The van der Waals surface area contributed by atoms with E-state index >= 15 is 0 Å². The van der Waals surface area contributed by atoms with Crippen LogP contribution in [0.15, 0.2) is 24.3 Å². The SMILES string of the molecule is CCC(N)Cc1cccc(OC2CCC(C)CC2)c1. The number of hydrogen-bond acceptors (Lipinski definition) is 2. The molecule has 2 rings (SSSR count). The van der Waals surface area contributed by atoms with E-state index in [-0.39, 0.29) is 6.04 Å². The molecule has 1 aliphatic carbocycles. The second-order valence-corrected chi connectivity index (χ2v) is 6.02. The van der Waals surface area contributed by atoms with Crippen LogP contribution in [0.3, 0.4) is 0 Å². The molecule has 0 amide bonds. The van der Waals surface area contributed by atoms with Crippen molar-refractivity contribution in [3.63, 3.8) is 0 Å². The van der Waals surface area contributed by atoms with Gasteiger partial charge in [-0.2, -0.15) is 0 Å². The molecular weight excluding hydrogens is 234 g/mol. The van der Waals surface area contributed by atoms with Gasteiger partial charge in [0.15, 0.2) is 0 Å². The Balaban J connectivity index is 1.91. The molecule has 1 atom stereocenters. The molecule has 2 nitrogen and oxygen atoms in total. The minimum atomic E-state index is 0.255. The lowest BCUT2D eigenvalue weighted by Gasteiger charge is -2.27. The van der Waals surface area contributed by atoms with Gasteiger partial charge < -0.3 is 10.5 Å². The molecule has 1 fully saturated rings. The fraction of sp³-hybridized carbons (Fsp3) is 0.647. The predicted octanol–water partition coefficient (Wildman–Crippen LogP) is 3.92. The van der Waals surface area contributed by atoms with Crippen molar-refractivity contribution in [3.8, 4) is 5.75 Å². The summed E-state index contributed by atoms with van der Waals surface area (Å²) in [6.07, 6.45) is 7.35. The lowest BCUT2D eigenvalue weighted by atomic mass is 9.89. The van der Waals surface area contributed by atoms with Gasteiger partial charge in [0.25, 0.3) is 0 Å². The molecule has 0 spiro atoms. The van der Waals surface area contributed by atoms with E-state index in [0.29, 0.717) is 6.10 Å². The summed E-state index contributed by atoms with van der Waals surface area (Å²) >= 11 is 0. The Morgan fingerprint density at radius 3 is 2.68 bits per heavy atom. The Hall–Kier alpha value is -1.02. The summed E-state index contributed by atoms with van der Waals surface area (Å²) in [4.78, 5) is 0. The third-order valence-electron chi connectivity index (χ3n) is 4.19. The second kappa shape index (κ2) is 6.95. The molecule has 19 heavy (non-hydrogen) atoms. The van der Waals surface area contributed by atoms with Crippen LogP contribution in [0.1, 0.15) is 51.5 Å². The third kappa shape index (κ3) is 4.54. The van der Waals surface area contributed by atoms with Crippen molar-refractivity contribution >= 4 is 0 Å². The summed E-state index contributed by atoms with van der Waals surface area (Å²) in [7, 11) is 0. The van der Waals surface area contributed by atoms with E-state index in [2.05, 4.69) is 38.1 Å². The Morgan fingerprint density at radius 2 is 2.00 bits per heavy atom. The first-order chi connectivity index (χ1) is 9.17. The monoisotopic (exact) mass is 261 g/mol. The molecule has 0 radical (unpaired) electrons. The Morgan fingerprint density at radius 1 is 1.26 bits per heavy atom. The molecule has 0 aliphatic heterocycles. The Labute approximate surface area is 117 Å². The number of hydrogen-bond donors (Lipinski definition) is 1. The van der Waals surface area contributed by atoms with Crippen molar-refractivity contribution in [2.75, 3.05) is 0 Å². The molecule has 1 aromatic carbocycles. The van der Waals surface area contributed by atoms with E-state index in [1.165, 1.54) is 31.2 Å². The van der Waals surface area contributed by atoms with E-state index in [1.807, 2.05) is 0 Å². The summed E-state index contributed by atoms with van der Waals surface area (Å²) in [6, 6.07) is 8.71. The fourth-order valence-electron chi connectivity index (χ4n) is 2.73. The van der Waals surface area contributed by atoms with E-state index in [1.54, 1.807) is 0 Å². The minimum absolute atomic E-state index is 0.255. The van der Waals surface area contributed by atoms with Crippen molar-refractivity contribution < 1.29 is 4.74 Å². The molecule has 0 bridgehead atoms. The lowest BCUT2D eigenvalue weighted by Crippen LogP contribution is -2.23. The maximum absolute atomic E-state index is 6.12. The summed E-state index contributed by atoms with van der Waals surface area (Å²) in [5, 5.41) is 0. The number of ether oxygens (including phenoxy) is 1. The zero-order valence-corrected chi connectivity index (χ0v) is 12.3. The van der Waals surface area contributed by atoms with Crippen LogP contribution in [0.4, 0.5) is 0 Å². The molecule has 106 valence electrons. The first-order valence-corrected chi connectivity index (χ1v) is 7.68. The number of benzene rings is 1. The highest BCUT2D eigenvalue weighted by atomic mass is 16.5. The first kappa shape index (κ1) is 14.4. The van der Waals surface area contributed by atoms with Gasteiger partial charge in [-0.3, -0.25) is 0 Å². The molecule has 1 aromatic rings. The second-order valence-electron chi connectivity index (χ2n) is 6.02. The van der Waals surface area contributed by atoms with Crippen molar-refractivity contribution in [3.05, 3.63) is 29.8 Å². The average Bonchev–Trinajstić information content (AvgIpc) is 2.42. The highest BCUT2D eigenvalue weighted by Crippen LogP contribution is 2.27. The quantitative estimate of drug-likeness (QED) is 0.871. The van der Waals surface area contributed by atoms with Crippen LogP contribution in [0.25, 0.3) is 0 Å². The van der Waals surface area contributed by atoms with Gasteiger partial charge in [0.05, 0.1) is 6.10 Å². The van der Waals surface area contributed by atoms with Crippen LogP contribution < -0.4 is 10.5 Å². The first-order valence-electron chi connectivity index (χ1n) is 7.68. The Kier molecular flexibility index (Phi) is 5.26. The molecule has 0 aromatic heterocycles. The zero-order valence-electron chi connectivity index (χ0n) is 12.3. The lowest BCUT2D eigenvalue weighted by molar-refractivity contribution is 0.135. The van der Waals surface area contributed by atoms with Gasteiger partial charge in [0, 0.05) is 6.04 Å². The maximum atomic E-state index is 6.12. The van der Waals surface area contributed by atoms with E-state index in [9.17, 15) is 0 Å². The average molecular weight is 261 g/mol. The van der Waals surface area contributed by atoms with Crippen LogP contribution in [-0.2, 0) is 6.42 Å². The standard InChI is InChI=1S/C17H27NO/c1-3-15(18)11-14-5-4-6-17(12-14)19-16-9-7-13(2)8-10-16/h4-6,12-13,15-16H,3,7-11,18H2,1-2H3. The number of rotatable bonds is 5. The highest BCUT2D eigenvalue weighted by Gasteiger charge is 2.19. The zero-order chi connectivity index (χ0) is 13.7. The number of nitrogens with two attached hydrogens (primary N) is 1. The minimum Gasteiger partial charge on any atom is -0.490 e. The van der Waals surface area contributed by atoms with E-state index < -0.39 is 0 Å². The summed E-state index contributed by atoms with van der Waals surface area (Å²) in [6.45, 7) is 4.47. The van der Waals surface area contributed by atoms with Gasteiger partial charge in [-0.25, -0.2) is 0 Å². The van der Waals surface area contributed by atoms with Crippen LogP contribution in [0, 0.1) is 5.92 Å². The molecule has 2 N–H and O–H groups in total. The summed E-state index contributed by atoms with van der Waals surface area (Å²) in [5.74, 6) is 1.88. The van der Waals surface area contributed by atoms with Gasteiger partial charge in [0.2, 0.25) is 0 Å². The molecule has 1 saturated carbocycles. The van der Waals surface area contributed by atoms with Crippen LogP contribution in [-0.4, -0.2) is 12.1 Å². The van der Waals surface area contributed by atoms with Gasteiger partial charge in [0.1, 0.15) is 5.75 Å². The van der Waals surface area contributed by atoms with Gasteiger partial charge in [-0.1, -0.05) is 26.0 Å². The van der Waals surface area contributed by atoms with Crippen LogP contribution in [0.2, 0.25) is 0 Å². The van der Waals surface area contributed by atoms with Crippen molar-refractivity contribution in [1.29, 1.82) is 0 Å². The molecule has 0 saturated heterocycles. The fourth-order valence-corrected chi connectivity index (χ4v) is 2.73. The van der Waals surface area contributed by atoms with Gasteiger partial charge in [-0.05, 0) is 62.1 Å². The van der Waals surface area contributed by atoms with Crippen LogP contribution in [0.5, 0.6) is 5.75 Å². The van der Waals surface area contributed by atoms with Crippen molar-refractivity contribution in [2.24, 2.45) is 11.7 Å². The predicted molar refractivity (Wildman–Crippen MR) is 80.5 cm³/mol. The molecule has 0 heterocycles. The maximum Gasteiger partial charge on any atom is 0.119 e. The smallest absolute Gasteiger partial charge is 0.119 e. The molecule has 1 aliphatic rings. The molecule has 2 heteroatoms. The molecule has 1 unspecified atom stereocenters. The van der Waals surface area contributed by atoms with E-state index in [4.69, 9.17) is 10.5 Å². The van der Waals surface area contributed by atoms with Crippen LogP contribution >= 0.6 is 0 Å². The van der Waals surface area contributed by atoms with Gasteiger partial charge >= 0.3 is 0 Å². The topological polar surface area (TPSA) is 35.2 Å². The largest absolute Gasteiger partial charge is 0.490 e. The van der Waals surface area contributed by atoms with Gasteiger partial charge in [-0.15, -0.1) is 0 Å². The third-order valence-corrected chi connectivity index (χ3v) is 4.19. The van der Waals surface area contributed by atoms with E-state index in [0.717, 1.165) is 24.5 Å².